The number of nitrogens with zero attached hydrogens (tertiary/aromatic N) is 2. The summed E-state index contributed by atoms with van der Waals surface area (Å²) in [5.74, 6) is -0.458. The summed E-state index contributed by atoms with van der Waals surface area (Å²) < 4.78 is 27.1. The van der Waals surface area contributed by atoms with Crippen LogP contribution in [-0.4, -0.2) is 47.3 Å². The molecule has 44 heavy (non-hydrogen) atoms. The Labute approximate surface area is 262 Å². The first-order valence-electron chi connectivity index (χ1n) is 15.9. The normalized spacial score (nSPS) is 16.0. The summed E-state index contributed by atoms with van der Waals surface area (Å²) in [6.45, 7) is 16.6. The maximum atomic E-state index is 13.7. The number of benzene rings is 3. The summed E-state index contributed by atoms with van der Waals surface area (Å²) in [7, 11) is 0. The second-order valence-electron chi connectivity index (χ2n) is 14.4. The van der Waals surface area contributed by atoms with Gasteiger partial charge in [0, 0.05) is 43.6 Å². The molecular weight excluding hydrogens is 554 g/mol. The fourth-order valence-electron chi connectivity index (χ4n) is 6.00. The molecule has 6 heteroatoms. The number of hydrogen-bond acceptors (Lipinski definition) is 2. The fraction of sp³-hybridized carbons (Fsp3) is 0.474. The lowest BCUT2D eigenvalue weighted by Gasteiger charge is -2.40. The first kappa shape index (κ1) is 33.4. The third kappa shape index (κ3) is 8.34. The van der Waals surface area contributed by atoms with E-state index < -0.39 is 0 Å². The van der Waals surface area contributed by atoms with E-state index in [-0.39, 0.29) is 46.2 Å². The second-order valence-corrected chi connectivity index (χ2v) is 14.4. The quantitative estimate of drug-likeness (QED) is 0.242. The van der Waals surface area contributed by atoms with E-state index in [0.717, 1.165) is 41.5 Å². The van der Waals surface area contributed by atoms with Crippen LogP contribution in [0.5, 0.6) is 0 Å². The van der Waals surface area contributed by atoms with Gasteiger partial charge in [-0.3, -0.25) is 9.59 Å². The van der Waals surface area contributed by atoms with E-state index in [2.05, 4.69) is 47.6 Å². The number of hydrogen-bond donors (Lipinski definition) is 0. The molecule has 3 aromatic carbocycles. The van der Waals surface area contributed by atoms with Gasteiger partial charge in [0.05, 0.1) is 0 Å². The van der Waals surface area contributed by atoms with E-state index in [4.69, 9.17) is 0 Å². The minimum atomic E-state index is -0.291. The summed E-state index contributed by atoms with van der Waals surface area (Å²) in [6, 6.07) is 19.1. The van der Waals surface area contributed by atoms with Crippen molar-refractivity contribution in [3.8, 4) is 0 Å². The molecule has 0 radical (unpaired) electrons. The molecule has 4 rings (SSSR count). The Morgan fingerprint density at radius 3 is 1.73 bits per heavy atom. The number of halogens is 2. The van der Waals surface area contributed by atoms with Crippen LogP contribution in [0.15, 0.2) is 66.7 Å². The van der Waals surface area contributed by atoms with Gasteiger partial charge in [0.15, 0.2) is 0 Å². The predicted molar refractivity (Wildman–Crippen MR) is 174 cm³/mol. The molecule has 1 aliphatic rings. The van der Waals surface area contributed by atoms with Crippen LogP contribution >= 0.6 is 0 Å². The van der Waals surface area contributed by atoms with Crippen molar-refractivity contribution in [1.29, 1.82) is 0 Å². The van der Waals surface area contributed by atoms with Gasteiger partial charge in [-0.05, 0) is 89.2 Å². The van der Waals surface area contributed by atoms with Gasteiger partial charge in [-0.15, -0.1) is 0 Å². The molecular formula is C38H48F2N2O2. The third-order valence-corrected chi connectivity index (χ3v) is 8.83. The van der Waals surface area contributed by atoms with E-state index in [0.29, 0.717) is 31.6 Å². The molecule has 0 aliphatic carbocycles. The Hall–Kier alpha value is -3.54. The van der Waals surface area contributed by atoms with Gasteiger partial charge in [0.25, 0.3) is 5.91 Å². The number of piperazine rings is 1. The van der Waals surface area contributed by atoms with Gasteiger partial charge in [-0.2, -0.15) is 0 Å². The molecule has 4 nitrogen and oxygen atoms in total. The Bertz CT molecular complexity index is 1360. The number of amides is 2. The Balaban J connectivity index is 1.35. The monoisotopic (exact) mass is 602 g/mol. The van der Waals surface area contributed by atoms with Crippen molar-refractivity contribution < 1.29 is 18.4 Å². The molecule has 0 bridgehead atoms. The molecule has 0 N–H and O–H groups in total. The zero-order chi connectivity index (χ0) is 32.2. The van der Waals surface area contributed by atoms with E-state index >= 15 is 0 Å². The molecule has 1 atom stereocenters. The van der Waals surface area contributed by atoms with Crippen LogP contribution in [0.25, 0.3) is 0 Å². The molecule has 1 fully saturated rings. The maximum absolute atomic E-state index is 13.7. The highest BCUT2D eigenvalue weighted by Crippen LogP contribution is 2.32. The summed E-state index contributed by atoms with van der Waals surface area (Å²) in [5.41, 5.74) is 4.81. The zero-order valence-electron chi connectivity index (χ0n) is 27.4. The molecule has 0 spiro atoms. The number of carbonyl (C=O) groups excluding carboxylic acids is 2. The molecule has 236 valence electrons. The van der Waals surface area contributed by atoms with Gasteiger partial charge in [0.2, 0.25) is 5.91 Å². The van der Waals surface area contributed by atoms with Crippen molar-refractivity contribution in [1.82, 2.24) is 9.80 Å². The molecule has 1 aliphatic heterocycles. The summed E-state index contributed by atoms with van der Waals surface area (Å²) in [5, 5.41) is 0. The zero-order valence-corrected chi connectivity index (χ0v) is 27.4. The van der Waals surface area contributed by atoms with Gasteiger partial charge < -0.3 is 9.80 Å². The number of carbonyl (C=O) groups is 2. The minimum absolute atomic E-state index is 0.00429. The third-order valence-electron chi connectivity index (χ3n) is 8.83. The lowest BCUT2D eigenvalue weighted by atomic mass is 9.79. The first-order valence-corrected chi connectivity index (χ1v) is 15.9. The summed E-state index contributed by atoms with van der Waals surface area (Å²) >= 11 is 0. The van der Waals surface area contributed by atoms with Crippen LogP contribution in [0.3, 0.4) is 0 Å². The molecule has 0 aromatic heterocycles. The second kappa shape index (κ2) is 13.6. The van der Waals surface area contributed by atoms with E-state index in [1.54, 1.807) is 24.3 Å². The van der Waals surface area contributed by atoms with Crippen molar-refractivity contribution in [2.24, 2.45) is 0 Å². The molecule has 3 aromatic rings. The largest absolute Gasteiger partial charge is 0.336 e. The van der Waals surface area contributed by atoms with E-state index in [1.807, 2.05) is 28.9 Å². The van der Waals surface area contributed by atoms with Crippen molar-refractivity contribution in [3.63, 3.8) is 0 Å². The standard InChI is InChI=1S/C38H48F2N2O2/c1-26-25-41(36(44)29-22-30(37(2,3)4)24-31(23-29)38(5,6)7)20-21-42(26)35(43)11-9-8-10-34(27-12-16-32(39)17-13-27)28-14-18-33(40)19-15-28/h12-19,22-24,26,34H,8-11,20-21,25H2,1-7H3/t26-/m0/s1. The lowest BCUT2D eigenvalue weighted by molar-refractivity contribution is -0.135. The fourth-order valence-corrected chi connectivity index (χ4v) is 6.00. The molecule has 2 amide bonds. The van der Waals surface area contributed by atoms with Crippen LogP contribution in [0.2, 0.25) is 0 Å². The minimum Gasteiger partial charge on any atom is -0.336 e. The Kier molecular flexibility index (Phi) is 10.3. The van der Waals surface area contributed by atoms with Crippen LogP contribution in [0.1, 0.15) is 113 Å². The van der Waals surface area contributed by atoms with Gasteiger partial charge in [0.1, 0.15) is 11.6 Å². The molecule has 1 heterocycles. The van der Waals surface area contributed by atoms with Crippen molar-refractivity contribution in [2.75, 3.05) is 19.6 Å². The van der Waals surface area contributed by atoms with E-state index in [9.17, 15) is 18.4 Å². The summed E-state index contributed by atoms with van der Waals surface area (Å²) in [6.07, 6.45) is 2.73. The molecule has 1 saturated heterocycles. The van der Waals surface area contributed by atoms with Gasteiger partial charge in [-0.1, -0.05) is 78.3 Å². The molecule has 0 unspecified atom stereocenters. The van der Waals surface area contributed by atoms with Crippen LogP contribution in [0, 0.1) is 11.6 Å². The van der Waals surface area contributed by atoms with Gasteiger partial charge in [-0.25, -0.2) is 8.78 Å². The maximum Gasteiger partial charge on any atom is 0.254 e. The average molecular weight is 603 g/mol. The Morgan fingerprint density at radius 2 is 1.27 bits per heavy atom. The van der Waals surface area contributed by atoms with Crippen molar-refractivity contribution in [3.05, 3.63) is 106 Å². The topological polar surface area (TPSA) is 40.6 Å². The van der Waals surface area contributed by atoms with E-state index in [1.165, 1.54) is 24.3 Å². The smallest absolute Gasteiger partial charge is 0.254 e. The highest BCUT2D eigenvalue weighted by atomic mass is 19.1. The highest BCUT2D eigenvalue weighted by Gasteiger charge is 2.31. The number of rotatable bonds is 8. The van der Waals surface area contributed by atoms with Crippen LogP contribution in [0.4, 0.5) is 8.78 Å². The van der Waals surface area contributed by atoms with Crippen LogP contribution in [-0.2, 0) is 15.6 Å². The summed E-state index contributed by atoms with van der Waals surface area (Å²) in [4.78, 5) is 30.8. The molecule has 0 saturated carbocycles. The Morgan fingerprint density at radius 1 is 0.773 bits per heavy atom. The predicted octanol–water partition coefficient (Wildman–Crippen LogP) is 8.63. The van der Waals surface area contributed by atoms with Gasteiger partial charge >= 0.3 is 0 Å². The SMILES string of the molecule is C[C@H]1CN(C(=O)c2cc(C(C)(C)C)cc(C(C)(C)C)c2)CCN1C(=O)CCCCC(c1ccc(F)cc1)c1ccc(F)cc1. The first-order chi connectivity index (χ1) is 20.6. The highest BCUT2D eigenvalue weighted by molar-refractivity contribution is 5.95. The number of unbranched alkanes of at least 4 members (excludes halogenated alkanes) is 1. The van der Waals surface area contributed by atoms with Crippen molar-refractivity contribution >= 4 is 11.8 Å². The average Bonchev–Trinajstić information content (AvgIpc) is 2.96. The van der Waals surface area contributed by atoms with Crippen LogP contribution < -0.4 is 0 Å². The van der Waals surface area contributed by atoms with Crippen molar-refractivity contribution in [2.45, 2.75) is 96.9 Å². The lowest BCUT2D eigenvalue weighted by Crippen LogP contribution is -2.55.